The van der Waals surface area contributed by atoms with Crippen molar-refractivity contribution in [1.82, 2.24) is 0 Å². The SMILES string of the molecule is O=S(=O)([O-])COc1ccc(C(F)(F)F)cc1.[Na+]. The Morgan fingerprint density at radius 3 is 2.00 bits per heavy atom. The average molecular weight is 278 g/mol. The zero-order valence-corrected chi connectivity index (χ0v) is 11.5. The van der Waals surface area contributed by atoms with Crippen LogP contribution in [0, 0.1) is 0 Å². The Kier molecular flexibility index (Phi) is 5.95. The van der Waals surface area contributed by atoms with Crippen molar-refractivity contribution in [2.45, 2.75) is 6.18 Å². The summed E-state index contributed by atoms with van der Waals surface area (Å²) in [6, 6.07) is 3.33. The molecule has 0 fully saturated rings. The van der Waals surface area contributed by atoms with Gasteiger partial charge in [0, 0.05) is 0 Å². The Morgan fingerprint density at radius 2 is 1.65 bits per heavy atom. The Bertz CT molecular complexity index is 455. The van der Waals surface area contributed by atoms with Crippen LogP contribution in [-0.4, -0.2) is 18.9 Å². The molecule has 0 heterocycles. The van der Waals surface area contributed by atoms with E-state index in [0.717, 1.165) is 24.3 Å². The summed E-state index contributed by atoms with van der Waals surface area (Å²) in [7, 11) is -4.56. The van der Waals surface area contributed by atoms with Crippen LogP contribution in [0.15, 0.2) is 24.3 Å². The molecule has 9 heteroatoms. The molecule has 0 atom stereocenters. The van der Waals surface area contributed by atoms with Crippen molar-refractivity contribution in [1.29, 1.82) is 0 Å². The molecule has 0 aliphatic heterocycles. The van der Waals surface area contributed by atoms with Crippen LogP contribution in [0.25, 0.3) is 0 Å². The van der Waals surface area contributed by atoms with Crippen LogP contribution in [-0.2, 0) is 16.3 Å². The van der Waals surface area contributed by atoms with Gasteiger partial charge in [0.2, 0.25) is 0 Å². The van der Waals surface area contributed by atoms with E-state index in [1.165, 1.54) is 0 Å². The number of hydrogen-bond acceptors (Lipinski definition) is 4. The molecule has 17 heavy (non-hydrogen) atoms. The van der Waals surface area contributed by atoms with Crippen LogP contribution < -0.4 is 34.3 Å². The molecular formula is C8H6F3NaO4S. The number of benzene rings is 1. The summed E-state index contributed by atoms with van der Waals surface area (Å²) in [5.41, 5.74) is -0.884. The van der Waals surface area contributed by atoms with Gasteiger partial charge in [-0.05, 0) is 24.3 Å². The molecule has 0 aliphatic rings. The molecule has 0 saturated carbocycles. The Morgan fingerprint density at radius 1 is 1.18 bits per heavy atom. The van der Waals surface area contributed by atoms with Crippen LogP contribution in [0.4, 0.5) is 13.2 Å². The molecule has 0 N–H and O–H groups in total. The predicted molar refractivity (Wildman–Crippen MR) is 46.6 cm³/mol. The smallest absolute Gasteiger partial charge is 0.745 e. The van der Waals surface area contributed by atoms with Crippen LogP contribution in [0.5, 0.6) is 5.75 Å². The van der Waals surface area contributed by atoms with Gasteiger partial charge in [-0.15, -0.1) is 0 Å². The second kappa shape index (κ2) is 6.05. The quantitative estimate of drug-likeness (QED) is 0.503. The molecule has 0 amide bonds. The molecule has 0 aliphatic carbocycles. The van der Waals surface area contributed by atoms with E-state index in [4.69, 9.17) is 0 Å². The summed E-state index contributed by atoms with van der Waals surface area (Å²) in [6.07, 6.45) is -4.47. The second-order valence-electron chi connectivity index (χ2n) is 2.84. The fourth-order valence-electron chi connectivity index (χ4n) is 0.880. The van der Waals surface area contributed by atoms with E-state index in [1.54, 1.807) is 0 Å². The van der Waals surface area contributed by atoms with Gasteiger partial charge in [0.15, 0.2) is 5.94 Å². The van der Waals surface area contributed by atoms with Gasteiger partial charge in [0.05, 0.1) is 5.56 Å². The molecule has 1 aromatic rings. The number of rotatable bonds is 3. The van der Waals surface area contributed by atoms with Crippen LogP contribution in [0.1, 0.15) is 5.56 Å². The number of hydrogen-bond donors (Lipinski definition) is 0. The Hall–Kier alpha value is -0.280. The summed E-state index contributed by atoms with van der Waals surface area (Å²) >= 11 is 0. The summed E-state index contributed by atoms with van der Waals surface area (Å²) in [5.74, 6) is -1.23. The fraction of sp³-hybridized carbons (Fsp3) is 0.250. The summed E-state index contributed by atoms with van der Waals surface area (Å²) in [6.45, 7) is 0. The van der Waals surface area contributed by atoms with E-state index < -0.39 is 27.8 Å². The van der Waals surface area contributed by atoms with Gasteiger partial charge in [-0.2, -0.15) is 13.2 Å². The number of alkyl halides is 3. The first-order chi connectivity index (χ1) is 7.18. The molecule has 0 bridgehead atoms. The van der Waals surface area contributed by atoms with E-state index in [9.17, 15) is 26.1 Å². The van der Waals surface area contributed by atoms with Crippen LogP contribution >= 0.6 is 0 Å². The van der Waals surface area contributed by atoms with Crippen molar-refractivity contribution in [3.63, 3.8) is 0 Å². The third-order valence-electron chi connectivity index (χ3n) is 1.55. The Labute approximate surface area is 118 Å². The molecule has 0 spiro atoms. The first kappa shape index (κ1) is 16.7. The van der Waals surface area contributed by atoms with Crippen molar-refractivity contribution in [3.05, 3.63) is 29.8 Å². The van der Waals surface area contributed by atoms with Gasteiger partial charge >= 0.3 is 35.7 Å². The minimum Gasteiger partial charge on any atom is -0.745 e. The summed E-state index contributed by atoms with van der Waals surface area (Å²) < 4.78 is 71.3. The van der Waals surface area contributed by atoms with Crippen LogP contribution in [0.2, 0.25) is 0 Å². The number of halogens is 3. The van der Waals surface area contributed by atoms with Crippen molar-refractivity contribution in [2.24, 2.45) is 0 Å². The second-order valence-corrected chi connectivity index (χ2v) is 4.19. The molecule has 0 unspecified atom stereocenters. The van der Waals surface area contributed by atoms with E-state index >= 15 is 0 Å². The molecule has 0 radical (unpaired) electrons. The third-order valence-corrected chi connectivity index (χ3v) is 1.96. The molecule has 90 valence electrons. The fourth-order valence-corrected chi connectivity index (χ4v) is 1.16. The van der Waals surface area contributed by atoms with E-state index in [1.807, 2.05) is 0 Å². The van der Waals surface area contributed by atoms with Crippen molar-refractivity contribution in [2.75, 3.05) is 5.94 Å². The average Bonchev–Trinajstić information content (AvgIpc) is 2.13. The molecule has 4 nitrogen and oxygen atoms in total. The number of ether oxygens (including phenoxy) is 1. The zero-order chi connectivity index (χ0) is 12.4. The largest absolute Gasteiger partial charge is 1.00 e. The topological polar surface area (TPSA) is 66.4 Å². The summed E-state index contributed by atoms with van der Waals surface area (Å²) in [4.78, 5) is 0. The minimum absolute atomic E-state index is 0. The molecular weight excluding hydrogens is 272 g/mol. The van der Waals surface area contributed by atoms with E-state index in [0.29, 0.717) is 0 Å². The molecule has 1 rings (SSSR count). The minimum atomic E-state index is -4.56. The zero-order valence-electron chi connectivity index (χ0n) is 8.69. The third kappa shape index (κ3) is 6.27. The standard InChI is InChI=1S/C8H7F3O4S.Na/c9-8(10,11)6-1-3-7(4-2-6)15-5-16(12,13)14;/h1-4H,5H2,(H,12,13,14);/q;+1/p-1. The van der Waals surface area contributed by atoms with Gasteiger partial charge in [-0.3, -0.25) is 0 Å². The van der Waals surface area contributed by atoms with Gasteiger partial charge in [-0.1, -0.05) is 0 Å². The first-order valence-corrected chi connectivity index (χ1v) is 5.50. The Balaban J connectivity index is 0.00000256. The predicted octanol–water partition coefficient (Wildman–Crippen LogP) is -1.41. The van der Waals surface area contributed by atoms with Gasteiger partial charge in [0.1, 0.15) is 15.9 Å². The molecule has 0 saturated heterocycles. The maximum absolute atomic E-state index is 12.1. The van der Waals surface area contributed by atoms with Crippen molar-refractivity contribution < 1.29 is 60.4 Å². The van der Waals surface area contributed by atoms with Crippen LogP contribution in [0.3, 0.4) is 0 Å². The normalized spacial score (nSPS) is 11.8. The van der Waals surface area contributed by atoms with Crippen molar-refractivity contribution in [3.8, 4) is 5.75 Å². The van der Waals surface area contributed by atoms with E-state index in [-0.39, 0.29) is 35.3 Å². The van der Waals surface area contributed by atoms with Gasteiger partial charge in [-0.25, -0.2) is 8.42 Å². The molecule has 1 aromatic carbocycles. The van der Waals surface area contributed by atoms with Crippen molar-refractivity contribution >= 4 is 10.1 Å². The first-order valence-electron chi connectivity index (χ1n) is 3.92. The monoisotopic (exact) mass is 278 g/mol. The maximum Gasteiger partial charge on any atom is 1.00 e. The maximum atomic E-state index is 12.1. The van der Waals surface area contributed by atoms with Gasteiger partial charge in [0.25, 0.3) is 0 Å². The van der Waals surface area contributed by atoms with Gasteiger partial charge < -0.3 is 9.29 Å². The summed E-state index contributed by atoms with van der Waals surface area (Å²) in [5, 5.41) is 0. The molecule has 0 aromatic heterocycles. The van der Waals surface area contributed by atoms with E-state index in [2.05, 4.69) is 4.74 Å².